The lowest BCUT2D eigenvalue weighted by molar-refractivity contribution is 0.221. The van der Waals surface area contributed by atoms with E-state index >= 15 is 0 Å². The van der Waals surface area contributed by atoms with E-state index in [9.17, 15) is 4.79 Å². The second-order valence-electron chi connectivity index (χ2n) is 6.18. The minimum atomic E-state index is -0.0608. The van der Waals surface area contributed by atoms with Crippen LogP contribution in [0.2, 0.25) is 0 Å². The predicted octanol–water partition coefficient (Wildman–Crippen LogP) is 4.66. The number of nitrogens with one attached hydrogen (secondary N) is 1. The third-order valence-corrected chi connectivity index (χ3v) is 4.09. The number of anilines is 1. The van der Waals surface area contributed by atoms with Crippen molar-refractivity contribution in [2.45, 2.75) is 20.3 Å². The highest BCUT2D eigenvalue weighted by molar-refractivity contribution is 5.91. The van der Waals surface area contributed by atoms with Crippen LogP contribution in [0.4, 0.5) is 10.5 Å². The Morgan fingerprint density at radius 2 is 1.91 bits per heavy atom. The van der Waals surface area contributed by atoms with Crippen LogP contribution < -0.4 is 10.1 Å². The summed E-state index contributed by atoms with van der Waals surface area (Å²) < 4.78 is 5.92. The molecular formula is C19H22N2O2. The molecule has 1 unspecified atom stereocenters. The second kappa shape index (κ2) is 6.73. The van der Waals surface area contributed by atoms with Crippen LogP contribution in [0.25, 0.3) is 0 Å². The van der Waals surface area contributed by atoms with E-state index in [2.05, 4.69) is 12.2 Å². The molecule has 0 aromatic heterocycles. The summed E-state index contributed by atoms with van der Waals surface area (Å²) in [5.74, 6) is 1.98. The quantitative estimate of drug-likeness (QED) is 0.895. The number of carbonyl (C=O) groups is 1. The Bertz CT molecular complexity index is 682. The average Bonchev–Trinajstić information content (AvgIpc) is 2.98. The first kappa shape index (κ1) is 15.4. The summed E-state index contributed by atoms with van der Waals surface area (Å²) in [4.78, 5) is 14.2. The maximum Gasteiger partial charge on any atom is 0.321 e. The van der Waals surface area contributed by atoms with Crippen LogP contribution in [0.15, 0.2) is 48.5 Å². The van der Waals surface area contributed by atoms with Crippen molar-refractivity contribution in [3.05, 3.63) is 54.1 Å². The first-order valence-electron chi connectivity index (χ1n) is 8.01. The van der Waals surface area contributed by atoms with E-state index in [1.54, 1.807) is 0 Å². The smallest absolute Gasteiger partial charge is 0.321 e. The number of hydrogen-bond acceptors (Lipinski definition) is 2. The number of urea groups is 1. The Morgan fingerprint density at radius 3 is 2.61 bits per heavy atom. The molecule has 1 fully saturated rings. The minimum Gasteiger partial charge on any atom is -0.455 e. The molecule has 0 spiro atoms. The van der Waals surface area contributed by atoms with Crippen molar-refractivity contribution >= 4 is 11.7 Å². The van der Waals surface area contributed by atoms with E-state index in [4.69, 9.17) is 4.74 Å². The van der Waals surface area contributed by atoms with Gasteiger partial charge in [-0.05, 0) is 43.5 Å². The third kappa shape index (κ3) is 3.83. The standard InChI is InChI=1S/C19H22N2O2/c1-14-7-9-16(10-8-14)23-18-6-4-3-5-17(18)20-19(22)21-12-11-15(2)13-21/h3-10,15H,11-13H2,1-2H3,(H,20,22). The zero-order valence-corrected chi connectivity index (χ0v) is 13.6. The zero-order valence-electron chi connectivity index (χ0n) is 13.6. The number of aryl methyl sites for hydroxylation is 1. The van der Waals surface area contributed by atoms with Crippen LogP contribution >= 0.6 is 0 Å². The van der Waals surface area contributed by atoms with E-state index < -0.39 is 0 Å². The minimum absolute atomic E-state index is 0.0608. The summed E-state index contributed by atoms with van der Waals surface area (Å²) in [6, 6.07) is 15.3. The Kier molecular flexibility index (Phi) is 4.51. The first-order valence-corrected chi connectivity index (χ1v) is 8.01. The number of benzene rings is 2. The summed E-state index contributed by atoms with van der Waals surface area (Å²) in [6.45, 7) is 5.83. The van der Waals surface area contributed by atoms with Crippen LogP contribution in [-0.2, 0) is 0 Å². The molecule has 0 bridgehead atoms. The largest absolute Gasteiger partial charge is 0.455 e. The van der Waals surface area contributed by atoms with E-state index in [1.807, 2.05) is 60.4 Å². The predicted molar refractivity (Wildman–Crippen MR) is 92.1 cm³/mol. The number of rotatable bonds is 3. The van der Waals surface area contributed by atoms with Gasteiger partial charge in [-0.2, -0.15) is 0 Å². The van der Waals surface area contributed by atoms with Gasteiger partial charge in [0, 0.05) is 13.1 Å². The summed E-state index contributed by atoms with van der Waals surface area (Å²) in [7, 11) is 0. The lowest BCUT2D eigenvalue weighted by atomic mass is 10.2. The van der Waals surface area contributed by atoms with Crippen molar-refractivity contribution < 1.29 is 9.53 Å². The van der Waals surface area contributed by atoms with Crippen molar-refractivity contribution in [1.29, 1.82) is 0 Å². The van der Waals surface area contributed by atoms with Gasteiger partial charge in [-0.15, -0.1) is 0 Å². The molecule has 1 heterocycles. The molecule has 4 nitrogen and oxygen atoms in total. The molecular weight excluding hydrogens is 288 g/mol. The van der Waals surface area contributed by atoms with Crippen LogP contribution in [0, 0.1) is 12.8 Å². The van der Waals surface area contributed by atoms with Gasteiger partial charge in [0.15, 0.2) is 5.75 Å². The Balaban J connectivity index is 1.72. The fourth-order valence-corrected chi connectivity index (χ4v) is 2.71. The van der Waals surface area contributed by atoms with E-state index in [1.165, 1.54) is 5.56 Å². The van der Waals surface area contributed by atoms with Gasteiger partial charge in [0.1, 0.15) is 5.75 Å². The lowest BCUT2D eigenvalue weighted by Gasteiger charge is -2.18. The topological polar surface area (TPSA) is 41.6 Å². The van der Waals surface area contributed by atoms with Crippen LogP contribution in [0.1, 0.15) is 18.9 Å². The van der Waals surface area contributed by atoms with Crippen LogP contribution in [0.3, 0.4) is 0 Å². The van der Waals surface area contributed by atoms with Gasteiger partial charge >= 0.3 is 6.03 Å². The van der Waals surface area contributed by atoms with Crippen molar-refractivity contribution in [1.82, 2.24) is 4.90 Å². The highest BCUT2D eigenvalue weighted by atomic mass is 16.5. The van der Waals surface area contributed by atoms with Crippen molar-refractivity contribution in [3.63, 3.8) is 0 Å². The number of carbonyl (C=O) groups excluding carboxylic acids is 1. The maximum absolute atomic E-state index is 12.4. The molecule has 1 atom stereocenters. The Labute approximate surface area is 137 Å². The fraction of sp³-hybridized carbons (Fsp3) is 0.316. The fourth-order valence-electron chi connectivity index (χ4n) is 2.71. The molecule has 1 N–H and O–H groups in total. The number of para-hydroxylation sites is 2. The molecule has 1 aliphatic rings. The molecule has 3 rings (SSSR count). The van der Waals surface area contributed by atoms with Crippen molar-refractivity contribution in [2.24, 2.45) is 5.92 Å². The zero-order chi connectivity index (χ0) is 16.2. The highest BCUT2D eigenvalue weighted by Crippen LogP contribution is 2.30. The van der Waals surface area contributed by atoms with E-state index in [0.717, 1.165) is 25.3 Å². The molecule has 120 valence electrons. The Hall–Kier alpha value is -2.49. The molecule has 1 aliphatic heterocycles. The molecule has 23 heavy (non-hydrogen) atoms. The lowest BCUT2D eigenvalue weighted by Crippen LogP contribution is -2.32. The van der Waals surface area contributed by atoms with E-state index in [0.29, 0.717) is 17.4 Å². The van der Waals surface area contributed by atoms with Crippen LogP contribution in [0.5, 0.6) is 11.5 Å². The number of amides is 2. The Morgan fingerprint density at radius 1 is 1.17 bits per heavy atom. The number of ether oxygens (including phenoxy) is 1. The van der Waals surface area contributed by atoms with Gasteiger partial charge in [-0.25, -0.2) is 4.79 Å². The molecule has 1 saturated heterocycles. The van der Waals surface area contributed by atoms with Gasteiger partial charge in [-0.3, -0.25) is 0 Å². The summed E-state index contributed by atoms with van der Waals surface area (Å²) in [6.07, 6.45) is 1.06. The monoisotopic (exact) mass is 310 g/mol. The molecule has 2 aromatic carbocycles. The average molecular weight is 310 g/mol. The summed E-state index contributed by atoms with van der Waals surface area (Å²) in [5.41, 5.74) is 1.87. The molecule has 0 saturated carbocycles. The van der Waals surface area contributed by atoms with Gasteiger partial charge in [0.05, 0.1) is 5.69 Å². The van der Waals surface area contributed by atoms with Crippen LogP contribution in [-0.4, -0.2) is 24.0 Å². The first-order chi connectivity index (χ1) is 11.1. The van der Waals surface area contributed by atoms with Crippen molar-refractivity contribution in [2.75, 3.05) is 18.4 Å². The second-order valence-corrected chi connectivity index (χ2v) is 6.18. The number of likely N-dealkylation sites (tertiary alicyclic amines) is 1. The summed E-state index contributed by atoms with van der Waals surface area (Å²) >= 11 is 0. The van der Waals surface area contributed by atoms with Crippen molar-refractivity contribution in [3.8, 4) is 11.5 Å². The third-order valence-electron chi connectivity index (χ3n) is 4.09. The van der Waals surface area contributed by atoms with E-state index in [-0.39, 0.29) is 6.03 Å². The normalized spacial score (nSPS) is 17.1. The van der Waals surface area contributed by atoms with Gasteiger partial charge in [-0.1, -0.05) is 36.8 Å². The molecule has 2 aromatic rings. The van der Waals surface area contributed by atoms with Gasteiger partial charge in [0.25, 0.3) is 0 Å². The SMILES string of the molecule is Cc1ccc(Oc2ccccc2NC(=O)N2CCC(C)C2)cc1. The summed E-state index contributed by atoms with van der Waals surface area (Å²) in [5, 5.41) is 2.97. The molecule has 0 aliphatic carbocycles. The number of hydrogen-bond donors (Lipinski definition) is 1. The molecule has 0 radical (unpaired) electrons. The molecule has 2 amide bonds. The molecule has 4 heteroatoms. The van der Waals surface area contributed by atoms with Gasteiger partial charge < -0.3 is 15.0 Å². The number of nitrogens with zero attached hydrogens (tertiary/aromatic N) is 1. The van der Waals surface area contributed by atoms with Gasteiger partial charge in [0.2, 0.25) is 0 Å². The maximum atomic E-state index is 12.4. The highest BCUT2D eigenvalue weighted by Gasteiger charge is 2.23.